The van der Waals surface area contributed by atoms with Gasteiger partial charge in [-0.3, -0.25) is 9.00 Å². The van der Waals surface area contributed by atoms with Gasteiger partial charge in [0.25, 0.3) is 0 Å². The molecule has 0 bridgehead atoms. The van der Waals surface area contributed by atoms with Gasteiger partial charge in [0.15, 0.2) is 0 Å². The summed E-state index contributed by atoms with van der Waals surface area (Å²) in [5.41, 5.74) is 7.23. The molecule has 96 valence electrons. The SMILES string of the molecule is Nc1ccc(/C=C/C(=O)N2CCS(=O)CC2)cc1. The molecule has 1 aromatic rings. The third-order valence-corrected chi connectivity index (χ3v) is 4.12. The Balaban J connectivity index is 1.94. The monoisotopic (exact) mass is 264 g/mol. The second kappa shape index (κ2) is 5.82. The fourth-order valence-corrected chi connectivity index (χ4v) is 2.79. The Morgan fingerprint density at radius 1 is 1.22 bits per heavy atom. The van der Waals surface area contributed by atoms with Crippen LogP contribution in [-0.4, -0.2) is 39.6 Å². The highest BCUT2D eigenvalue weighted by molar-refractivity contribution is 7.85. The molecule has 5 heteroatoms. The number of nitrogen functional groups attached to an aromatic ring is 1. The maximum atomic E-state index is 11.9. The summed E-state index contributed by atoms with van der Waals surface area (Å²) < 4.78 is 11.2. The first kappa shape index (κ1) is 12.8. The molecule has 0 aromatic heterocycles. The van der Waals surface area contributed by atoms with Crippen molar-refractivity contribution in [1.82, 2.24) is 4.90 Å². The summed E-state index contributed by atoms with van der Waals surface area (Å²) in [4.78, 5) is 13.6. The largest absolute Gasteiger partial charge is 0.399 e. The molecule has 1 aliphatic rings. The zero-order valence-corrected chi connectivity index (χ0v) is 10.9. The van der Waals surface area contributed by atoms with Crippen LogP contribution in [0.3, 0.4) is 0 Å². The van der Waals surface area contributed by atoms with Crippen LogP contribution >= 0.6 is 0 Å². The van der Waals surface area contributed by atoms with Crippen LogP contribution in [0.2, 0.25) is 0 Å². The number of carbonyl (C=O) groups is 1. The minimum Gasteiger partial charge on any atom is -0.399 e. The van der Waals surface area contributed by atoms with E-state index in [9.17, 15) is 9.00 Å². The number of hydrogen-bond donors (Lipinski definition) is 1. The molecule has 1 amide bonds. The first-order valence-electron chi connectivity index (χ1n) is 5.82. The van der Waals surface area contributed by atoms with Crippen LogP contribution < -0.4 is 5.73 Å². The number of benzene rings is 1. The van der Waals surface area contributed by atoms with Crippen molar-refractivity contribution in [2.75, 3.05) is 30.3 Å². The predicted octanol–water partition coefficient (Wildman–Crippen LogP) is 0.873. The molecule has 1 saturated heterocycles. The van der Waals surface area contributed by atoms with Crippen LogP contribution in [0.25, 0.3) is 6.08 Å². The lowest BCUT2D eigenvalue weighted by Crippen LogP contribution is -2.40. The van der Waals surface area contributed by atoms with Gasteiger partial charge in [-0.1, -0.05) is 12.1 Å². The van der Waals surface area contributed by atoms with E-state index < -0.39 is 10.8 Å². The van der Waals surface area contributed by atoms with Crippen molar-refractivity contribution < 1.29 is 9.00 Å². The van der Waals surface area contributed by atoms with E-state index >= 15 is 0 Å². The maximum Gasteiger partial charge on any atom is 0.246 e. The Labute approximate surface area is 109 Å². The molecule has 1 aromatic carbocycles. The lowest BCUT2D eigenvalue weighted by Gasteiger charge is -2.24. The number of amides is 1. The zero-order chi connectivity index (χ0) is 13.0. The first-order valence-corrected chi connectivity index (χ1v) is 7.31. The normalized spacial score (nSPS) is 17.2. The molecule has 0 radical (unpaired) electrons. The van der Waals surface area contributed by atoms with Crippen LogP contribution in [0.5, 0.6) is 0 Å². The number of rotatable bonds is 2. The fourth-order valence-electron chi connectivity index (χ4n) is 1.74. The molecule has 0 atom stereocenters. The smallest absolute Gasteiger partial charge is 0.246 e. The standard InChI is InChI=1S/C13H16N2O2S/c14-12-4-1-11(2-5-12)3-6-13(16)15-7-9-18(17)10-8-15/h1-6H,7-10,14H2/b6-3+. The average molecular weight is 264 g/mol. The van der Waals surface area contributed by atoms with E-state index in [4.69, 9.17) is 5.73 Å². The molecule has 1 heterocycles. The Morgan fingerprint density at radius 3 is 2.44 bits per heavy atom. The van der Waals surface area contributed by atoms with Gasteiger partial charge in [0.05, 0.1) is 0 Å². The van der Waals surface area contributed by atoms with E-state index in [0.717, 1.165) is 5.56 Å². The van der Waals surface area contributed by atoms with Gasteiger partial charge in [-0.25, -0.2) is 0 Å². The van der Waals surface area contributed by atoms with E-state index in [-0.39, 0.29) is 5.91 Å². The molecule has 0 spiro atoms. The van der Waals surface area contributed by atoms with Gasteiger partial charge in [-0.15, -0.1) is 0 Å². The van der Waals surface area contributed by atoms with E-state index in [1.165, 1.54) is 0 Å². The number of hydrogen-bond acceptors (Lipinski definition) is 3. The quantitative estimate of drug-likeness (QED) is 0.637. The molecule has 4 nitrogen and oxygen atoms in total. The van der Waals surface area contributed by atoms with Gasteiger partial charge in [-0.2, -0.15) is 0 Å². The van der Waals surface area contributed by atoms with Gasteiger partial charge in [0.1, 0.15) is 0 Å². The fraction of sp³-hybridized carbons (Fsp3) is 0.308. The Hall–Kier alpha value is -1.62. The van der Waals surface area contributed by atoms with Crippen LogP contribution in [-0.2, 0) is 15.6 Å². The molecule has 0 aliphatic carbocycles. The molecule has 1 fully saturated rings. The van der Waals surface area contributed by atoms with E-state index in [1.54, 1.807) is 29.2 Å². The van der Waals surface area contributed by atoms with E-state index in [2.05, 4.69) is 0 Å². The predicted molar refractivity (Wildman–Crippen MR) is 74.3 cm³/mol. The molecule has 0 saturated carbocycles. The van der Waals surface area contributed by atoms with E-state index in [0.29, 0.717) is 30.3 Å². The molecule has 2 N–H and O–H groups in total. The summed E-state index contributed by atoms with van der Waals surface area (Å²) in [6.45, 7) is 1.16. The molecular weight excluding hydrogens is 248 g/mol. The van der Waals surface area contributed by atoms with Crippen LogP contribution in [0.1, 0.15) is 5.56 Å². The average Bonchev–Trinajstić information content (AvgIpc) is 2.38. The van der Waals surface area contributed by atoms with Crippen LogP contribution in [0.4, 0.5) is 5.69 Å². The highest BCUT2D eigenvalue weighted by Crippen LogP contribution is 2.08. The zero-order valence-electron chi connectivity index (χ0n) is 10.0. The second-order valence-corrected chi connectivity index (χ2v) is 5.87. The Morgan fingerprint density at radius 2 is 1.83 bits per heavy atom. The minimum absolute atomic E-state index is 0.0245. The van der Waals surface area contributed by atoms with Crippen LogP contribution in [0.15, 0.2) is 30.3 Å². The van der Waals surface area contributed by atoms with Crippen molar-refractivity contribution >= 4 is 28.5 Å². The summed E-state index contributed by atoms with van der Waals surface area (Å²) in [5, 5.41) is 0. The Kier molecular flexibility index (Phi) is 4.15. The highest BCUT2D eigenvalue weighted by atomic mass is 32.2. The van der Waals surface area contributed by atoms with Crippen molar-refractivity contribution in [3.63, 3.8) is 0 Å². The molecule has 1 aliphatic heterocycles. The van der Waals surface area contributed by atoms with Gasteiger partial charge in [0, 0.05) is 47.2 Å². The third-order valence-electron chi connectivity index (χ3n) is 2.84. The van der Waals surface area contributed by atoms with Crippen molar-refractivity contribution in [3.05, 3.63) is 35.9 Å². The van der Waals surface area contributed by atoms with Gasteiger partial charge in [-0.05, 0) is 23.8 Å². The molecule has 18 heavy (non-hydrogen) atoms. The maximum absolute atomic E-state index is 11.9. The van der Waals surface area contributed by atoms with Crippen molar-refractivity contribution in [2.24, 2.45) is 0 Å². The van der Waals surface area contributed by atoms with Gasteiger partial charge >= 0.3 is 0 Å². The Bertz CT molecular complexity index is 472. The lowest BCUT2D eigenvalue weighted by atomic mass is 10.2. The molecule has 0 unspecified atom stereocenters. The highest BCUT2D eigenvalue weighted by Gasteiger charge is 2.17. The molecular formula is C13H16N2O2S. The first-order chi connectivity index (χ1) is 8.65. The van der Waals surface area contributed by atoms with Gasteiger partial charge in [0.2, 0.25) is 5.91 Å². The number of anilines is 1. The van der Waals surface area contributed by atoms with Crippen LogP contribution in [0, 0.1) is 0 Å². The minimum atomic E-state index is -0.752. The van der Waals surface area contributed by atoms with E-state index in [1.807, 2.05) is 12.1 Å². The van der Waals surface area contributed by atoms with Crippen molar-refractivity contribution in [2.45, 2.75) is 0 Å². The topological polar surface area (TPSA) is 63.4 Å². The number of carbonyl (C=O) groups excluding carboxylic acids is 1. The summed E-state index contributed by atoms with van der Waals surface area (Å²) in [6.07, 6.45) is 3.33. The lowest BCUT2D eigenvalue weighted by molar-refractivity contribution is -0.125. The summed E-state index contributed by atoms with van der Waals surface area (Å²) >= 11 is 0. The number of nitrogens with two attached hydrogens (primary N) is 1. The van der Waals surface area contributed by atoms with Crippen molar-refractivity contribution in [3.8, 4) is 0 Å². The summed E-state index contributed by atoms with van der Waals surface area (Å²) in [6, 6.07) is 7.33. The van der Waals surface area contributed by atoms with Crippen molar-refractivity contribution in [1.29, 1.82) is 0 Å². The summed E-state index contributed by atoms with van der Waals surface area (Å²) in [7, 11) is -0.752. The summed E-state index contributed by atoms with van der Waals surface area (Å²) in [5.74, 6) is 1.15. The third kappa shape index (κ3) is 3.43. The molecule has 2 rings (SSSR count). The second-order valence-electron chi connectivity index (χ2n) is 4.17. The number of nitrogens with zero attached hydrogens (tertiary/aromatic N) is 1. The van der Waals surface area contributed by atoms with Gasteiger partial charge < -0.3 is 10.6 Å².